The number of ketones is 1. The summed E-state index contributed by atoms with van der Waals surface area (Å²) in [5.41, 5.74) is 2.15. The molecule has 0 unspecified atom stereocenters. The van der Waals surface area contributed by atoms with Crippen molar-refractivity contribution in [2.24, 2.45) is 18.9 Å². The Labute approximate surface area is 194 Å². The topological polar surface area (TPSA) is 60.3 Å². The Kier molecular flexibility index (Phi) is 5.15. The molecule has 2 aromatic carbocycles. The number of rotatable bonds is 4. The van der Waals surface area contributed by atoms with Crippen LogP contribution in [0.2, 0.25) is 0 Å². The number of carbonyl (C=O) groups is 2. The van der Waals surface area contributed by atoms with E-state index in [9.17, 15) is 9.59 Å². The number of hydrogen-bond acceptors (Lipinski definition) is 4. The van der Waals surface area contributed by atoms with Gasteiger partial charge in [-0.15, -0.1) is 0 Å². The molecular formula is C28H30N2O3. The minimum atomic E-state index is -1.62. The lowest BCUT2D eigenvalue weighted by Gasteiger charge is -2.37. The van der Waals surface area contributed by atoms with Gasteiger partial charge in [-0.3, -0.25) is 4.79 Å². The van der Waals surface area contributed by atoms with Gasteiger partial charge >= 0.3 is 5.97 Å². The van der Waals surface area contributed by atoms with Gasteiger partial charge in [0.15, 0.2) is 0 Å². The zero-order valence-electron chi connectivity index (χ0n) is 19.4. The predicted octanol–water partition coefficient (Wildman–Crippen LogP) is 5.61. The number of aryl methyl sites for hydroxylation is 1. The van der Waals surface area contributed by atoms with Crippen molar-refractivity contribution in [3.63, 3.8) is 0 Å². The number of ether oxygens (including phenoxy) is 1. The van der Waals surface area contributed by atoms with Crippen LogP contribution < -0.4 is 5.32 Å². The Morgan fingerprint density at radius 1 is 1.15 bits per heavy atom. The monoisotopic (exact) mass is 442 g/mol. The molecule has 1 fully saturated rings. The van der Waals surface area contributed by atoms with Crippen molar-refractivity contribution in [3.05, 3.63) is 78.0 Å². The van der Waals surface area contributed by atoms with Gasteiger partial charge in [-0.25, -0.2) is 4.79 Å². The van der Waals surface area contributed by atoms with Gasteiger partial charge in [0.25, 0.3) is 0 Å². The van der Waals surface area contributed by atoms with E-state index in [0.717, 1.165) is 35.7 Å². The number of carbonyl (C=O) groups excluding carboxylic acids is 2. The van der Waals surface area contributed by atoms with Crippen molar-refractivity contribution in [2.75, 3.05) is 5.32 Å². The molecule has 0 saturated heterocycles. The van der Waals surface area contributed by atoms with Gasteiger partial charge in [-0.2, -0.15) is 0 Å². The number of para-hydroxylation sites is 2. The molecule has 1 saturated carbocycles. The molecule has 0 bridgehead atoms. The third kappa shape index (κ3) is 3.29. The maximum atomic E-state index is 14.1. The molecule has 2 aliphatic rings. The first kappa shape index (κ1) is 21.5. The molecule has 1 aliphatic heterocycles. The standard InChI is InChI=1S/C28H30N2O3/c1-17(2)19-14-13-18(3)15-25(19)33-27(32)28(26(31)21-10-5-7-11-23(21)29-28)22-16-30(4)24-12-8-6-9-20(22)24/h5-12,16,18-19,25,29H,1,13-15H2,2-4H3/t18-,19+,25-,28+/m1/s1. The molecule has 5 nitrogen and oxygen atoms in total. The van der Waals surface area contributed by atoms with Crippen LogP contribution in [0, 0.1) is 11.8 Å². The summed E-state index contributed by atoms with van der Waals surface area (Å²) in [6.45, 7) is 8.33. The maximum Gasteiger partial charge on any atom is 0.345 e. The summed E-state index contributed by atoms with van der Waals surface area (Å²) in [6, 6.07) is 15.1. The summed E-state index contributed by atoms with van der Waals surface area (Å²) in [5, 5.41) is 4.16. The van der Waals surface area contributed by atoms with E-state index in [-0.39, 0.29) is 17.8 Å². The first-order valence-corrected chi connectivity index (χ1v) is 11.7. The summed E-state index contributed by atoms with van der Waals surface area (Å²) in [5.74, 6) is -0.245. The summed E-state index contributed by atoms with van der Waals surface area (Å²) in [4.78, 5) is 28.0. The molecule has 4 atom stereocenters. The van der Waals surface area contributed by atoms with Gasteiger partial charge in [0, 0.05) is 46.9 Å². The van der Waals surface area contributed by atoms with Gasteiger partial charge in [0.1, 0.15) is 6.10 Å². The number of hydrogen-bond donors (Lipinski definition) is 1. The smallest absolute Gasteiger partial charge is 0.345 e. The number of esters is 1. The van der Waals surface area contributed by atoms with Gasteiger partial charge in [-0.05, 0) is 50.3 Å². The molecule has 2 heterocycles. The molecule has 1 aliphatic carbocycles. The highest BCUT2D eigenvalue weighted by molar-refractivity contribution is 6.26. The summed E-state index contributed by atoms with van der Waals surface area (Å²) >= 11 is 0. The van der Waals surface area contributed by atoms with Crippen molar-refractivity contribution in [1.29, 1.82) is 0 Å². The van der Waals surface area contributed by atoms with Crippen LogP contribution in [0.25, 0.3) is 10.9 Å². The Hall–Kier alpha value is -3.34. The first-order chi connectivity index (χ1) is 15.8. The number of aromatic nitrogens is 1. The second-order valence-corrected chi connectivity index (χ2v) is 9.74. The molecule has 3 aromatic rings. The van der Waals surface area contributed by atoms with Crippen LogP contribution in [0.4, 0.5) is 5.69 Å². The van der Waals surface area contributed by atoms with E-state index >= 15 is 0 Å². The second-order valence-electron chi connectivity index (χ2n) is 9.74. The third-order valence-corrected chi connectivity index (χ3v) is 7.39. The van der Waals surface area contributed by atoms with E-state index in [1.807, 2.05) is 67.2 Å². The number of nitrogens with zero attached hydrogens (tertiary/aromatic N) is 1. The van der Waals surface area contributed by atoms with Crippen LogP contribution in [-0.2, 0) is 22.1 Å². The SMILES string of the molecule is C=C(C)[C@@H]1CC[C@@H](C)C[C@H]1OC(=O)[C@@]1(c2cn(C)c3ccccc23)Nc2ccccc2C1=O. The van der Waals surface area contributed by atoms with Gasteiger partial charge in [0.2, 0.25) is 11.3 Å². The van der Waals surface area contributed by atoms with E-state index in [1.54, 1.807) is 6.07 Å². The van der Waals surface area contributed by atoms with Crippen molar-refractivity contribution in [3.8, 4) is 0 Å². The van der Waals surface area contributed by atoms with E-state index in [4.69, 9.17) is 4.74 Å². The molecule has 170 valence electrons. The molecular weight excluding hydrogens is 412 g/mol. The average molecular weight is 443 g/mol. The third-order valence-electron chi connectivity index (χ3n) is 7.39. The molecule has 33 heavy (non-hydrogen) atoms. The van der Waals surface area contributed by atoms with Crippen LogP contribution in [0.1, 0.15) is 49.0 Å². The van der Waals surface area contributed by atoms with Crippen LogP contribution in [0.3, 0.4) is 0 Å². The van der Waals surface area contributed by atoms with Crippen molar-refractivity contribution in [2.45, 2.75) is 44.8 Å². The van der Waals surface area contributed by atoms with Crippen LogP contribution >= 0.6 is 0 Å². The Bertz CT molecular complexity index is 1270. The van der Waals surface area contributed by atoms with Gasteiger partial charge in [0.05, 0.1) is 0 Å². The second kappa shape index (κ2) is 7.91. The largest absolute Gasteiger partial charge is 0.459 e. The summed E-state index contributed by atoms with van der Waals surface area (Å²) in [7, 11) is 1.93. The molecule has 1 aromatic heterocycles. The highest BCUT2D eigenvalue weighted by Crippen LogP contribution is 2.44. The van der Waals surface area contributed by atoms with E-state index < -0.39 is 11.5 Å². The fourth-order valence-electron chi connectivity index (χ4n) is 5.58. The minimum Gasteiger partial charge on any atom is -0.459 e. The summed E-state index contributed by atoms with van der Waals surface area (Å²) in [6.07, 6.45) is 4.39. The molecule has 1 N–H and O–H groups in total. The van der Waals surface area contributed by atoms with Crippen molar-refractivity contribution < 1.29 is 14.3 Å². The maximum absolute atomic E-state index is 14.1. The number of fused-ring (bicyclic) bond motifs is 2. The lowest BCUT2D eigenvalue weighted by atomic mass is 9.77. The molecule has 0 amide bonds. The van der Waals surface area contributed by atoms with Gasteiger partial charge < -0.3 is 14.6 Å². The lowest BCUT2D eigenvalue weighted by Crippen LogP contribution is -2.50. The Morgan fingerprint density at radius 3 is 2.64 bits per heavy atom. The molecule has 5 rings (SSSR count). The van der Waals surface area contributed by atoms with Crippen molar-refractivity contribution >= 4 is 28.3 Å². The Morgan fingerprint density at radius 2 is 1.88 bits per heavy atom. The number of benzene rings is 2. The number of nitrogens with one attached hydrogen (secondary N) is 1. The fraction of sp³-hybridized carbons (Fsp3) is 0.357. The van der Waals surface area contributed by atoms with Crippen LogP contribution in [0.15, 0.2) is 66.9 Å². The minimum absolute atomic E-state index is 0.105. The molecule has 0 radical (unpaired) electrons. The Balaban J connectivity index is 1.63. The zero-order chi connectivity index (χ0) is 23.3. The predicted molar refractivity (Wildman–Crippen MR) is 130 cm³/mol. The van der Waals surface area contributed by atoms with Crippen LogP contribution in [-0.4, -0.2) is 22.4 Å². The highest BCUT2D eigenvalue weighted by atomic mass is 16.5. The van der Waals surface area contributed by atoms with E-state index in [1.165, 1.54) is 0 Å². The molecule has 5 heteroatoms. The van der Waals surface area contributed by atoms with Crippen LogP contribution in [0.5, 0.6) is 0 Å². The summed E-state index contributed by atoms with van der Waals surface area (Å²) < 4.78 is 8.20. The average Bonchev–Trinajstić information content (AvgIpc) is 3.29. The van der Waals surface area contributed by atoms with E-state index in [2.05, 4.69) is 18.8 Å². The zero-order valence-corrected chi connectivity index (χ0v) is 19.4. The molecule has 0 spiro atoms. The first-order valence-electron chi connectivity index (χ1n) is 11.7. The number of Topliss-reactive ketones (excluding diaryl/α,β-unsaturated/α-hetero) is 1. The normalized spacial score (nSPS) is 26.6. The van der Waals surface area contributed by atoms with Gasteiger partial charge in [-0.1, -0.05) is 49.4 Å². The highest BCUT2D eigenvalue weighted by Gasteiger charge is 2.56. The van der Waals surface area contributed by atoms with E-state index in [0.29, 0.717) is 22.7 Å². The lowest BCUT2D eigenvalue weighted by molar-refractivity contribution is -0.157. The number of anilines is 1. The fourth-order valence-corrected chi connectivity index (χ4v) is 5.58. The van der Waals surface area contributed by atoms with Crippen molar-refractivity contribution in [1.82, 2.24) is 4.57 Å². The quantitative estimate of drug-likeness (QED) is 0.324.